The number of carbonyl (C=O) groups is 1. The van der Waals surface area contributed by atoms with Crippen LogP contribution in [0.1, 0.15) is 23.7 Å². The van der Waals surface area contributed by atoms with Gasteiger partial charge in [0.25, 0.3) is 5.91 Å². The van der Waals surface area contributed by atoms with E-state index in [4.69, 9.17) is 11.5 Å². The average Bonchev–Trinajstić information content (AvgIpc) is 2.44. The molecule has 0 saturated heterocycles. The maximum absolute atomic E-state index is 11.5. The highest BCUT2D eigenvalue weighted by molar-refractivity contribution is 6.06. The van der Waals surface area contributed by atoms with E-state index >= 15 is 0 Å². The van der Waals surface area contributed by atoms with Crippen LogP contribution in [0, 0.1) is 0 Å². The maximum atomic E-state index is 11.5. The third-order valence-corrected chi connectivity index (χ3v) is 3.17. The quantitative estimate of drug-likeness (QED) is 0.757. The lowest BCUT2D eigenvalue weighted by atomic mass is 10.1. The fourth-order valence-corrected chi connectivity index (χ4v) is 2.02. The molecule has 1 atom stereocenters. The van der Waals surface area contributed by atoms with E-state index in [0.717, 1.165) is 23.0 Å². The second kappa shape index (κ2) is 5.67. The van der Waals surface area contributed by atoms with Crippen LogP contribution in [0.5, 0.6) is 0 Å². The van der Waals surface area contributed by atoms with Crippen molar-refractivity contribution in [3.05, 3.63) is 36.0 Å². The minimum Gasteiger partial charge on any atom is -0.380 e. The van der Waals surface area contributed by atoms with Gasteiger partial charge in [-0.3, -0.25) is 9.78 Å². The number of nitrogens with one attached hydrogen (secondary N) is 1. The van der Waals surface area contributed by atoms with Crippen LogP contribution in [0.3, 0.4) is 0 Å². The molecule has 2 rings (SSSR count). The first kappa shape index (κ1) is 13.3. The van der Waals surface area contributed by atoms with E-state index in [2.05, 4.69) is 10.3 Å². The second-order valence-electron chi connectivity index (χ2n) is 4.41. The average molecular weight is 258 g/mol. The van der Waals surface area contributed by atoms with Crippen LogP contribution in [0.4, 0.5) is 5.69 Å². The number of primary amides is 1. The fraction of sp³-hybridized carbons (Fsp3) is 0.286. The topological polar surface area (TPSA) is 94.0 Å². The lowest BCUT2D eigenvalue weighted by Gasteiger charge is -2.19. The Bertz CT molecular complexity index is 593. The third kappa shape index (κ3) is 2.66. The van der Waals surface area contributed by atoms with Gasteiger partial charge in [-0.15, -0.1) is 0 Å². The summed E-state index contributed by atoms with van der Waals surface area (Å²) in [5, 5.41) is 4.19. The zero-order valence-electron chi connectivity index (χ0n) is 10.9. The Hall–Kier alpha value is -2.14. The van der Waals surface area contributed by atoms with Gasteiger partial charge < -0.3 is 16.8 Å². The Morgan fingerprint density at radius 2 is 2.16 bits per heavy atom. The first-order valence-corrected chi connectivity index (χ1v) is 6.31. The van der Waals surface area contributed by atoms with E-state index in [9.17, 15) is 4.79 Å². The van der Waals surface area contributed by atoms with Gasteiger partial charge in [0.2, 0.25) is 0 Å². The molecule has 1 aromatic heterocycles. The summed E-state index contributed by atoms with van der Waals surface area (Å²) in [5.74, 6) is -0.493. The molecule has 1 aromatic carbocycles. The number of anilines is 1. The van der Waals surface area contributed by atoms with Crippen molar-refractivity contribution in [3.63, 3.8) is 0 Å². The van der Waals surface area contributed by atoms with Crippen molar-refractivity contribution in [2.75, 3.05) is 11.9 Å². The molecule has 0 bridgehead atoms. The Kier molecular flexibility index (Phi) is 3.97. The number of carbonyl (C=O) groups excluding carboxylic acids is 1. The Morgan fingerprint density at radius 1 is 1.42 bits per heavy atom. The van der Waals surface area contributed by atoms with Crippen molar-refractivity contribution in [2.45, 2.75) is 19.4 Å². The zero-order valence-corrected chi connectivity index (χ0v) is 10.9. The summed E-state index contributed by atoms with van der Waals surface area (Å²) >= 11 is 0. The van der Waals surface area contributed by atoms with Crippen LogP contribution in [-0.2, 0) is 0 Å². The molecule has 1 heterocycles. The summed E-state index contributed by atoms with van der Waals surface area (Å²) in [5.41, 5.74) is 13.1. The molecule has 5 N–H and O–H groups in total. The lowest BCUT2D eigenvalue weighted by molar-refractivity contribution is 0.100. The van der Waals surface area contributed by atoms with Crippen molar-refractivity contribution < 1.29 is 4.79 Å². The summed E-state index contributed by atoms with van der Waals surface area (Å²) < 4.78 is 0. The molecule has 0 spiro atoms. The summed E-state index contributed by atoms with van der Waals surface area (Å²) in [6.45, 7) is 2.53. The molecule has 2 aromatic rings. The van der Waals surface area contributed by atoms with Crippen molar-refractivity contribution in [3.8, 4) is 0 Å². The number of amides is 1. The molecule has 1 amide bonds. The molecule has 5 nitrogen and oxygen atoms in total. The Balaban J connectivity index is 2.58. The second-order valence-corrected chi connectivity index (χ2v) is 4.41. The van der Waals surface area contributed by atoms with E-state index in [1.165, 1.54) is 6.20 Å². The first-order chi connectivity index (χ1) is 9.17. The van der Waals surface area contributed by atoms with Crippen LogP contribution in [0.2, 0.25) is 0 Å². The normalized spacial score (nSPS) is 12.3. The molecule has 1 unspecified atom stereocenters. The first-order valence-electron chi connectivity index (χ1n) is 6.31. The van der Waals surface area contributed by atoms with Gasteiger partial charge in [-0.2, -0.15) is 0 Å². The number of rotatable bonds is 5. The van der Waals surface area contributed by atoms with E-state index in [1.54, 1.807) is 0 Å². The smallest absolute Gasteiger partial charge is 0.252 e. The number of hydrogen-bond donors (Lipinski definition) is 3. The number of nitrogens with zero attached hydrogens (tertiary/aromatic N) is 1. The summed E-state index contributed by atoms with van der Waals surface area (Å²) in [4.78, 5) is 15.8. The maximum Gasteiger partial charge on any atom is 0.252 e. The van der Waals surface area contributed by atoms with Crippen LogP contribution in [0.15, 0.2) is 30.5 Å². The van der Waals surface area contributed by atoms with Gasteiger partial charge in [0, 0.05) is 24.2 Å². The predicted octanol–water partition coefficient (Wildman–Crippen LogP) is 1.48. The number of hydrogen-bond acceptors (Lipinski definition) is 4. The molecule has 0 aliphatic heterocycles. The van der Waals surface area contributed by atoms with Gasteiger partial charge in [-0.05, 0) is 12.5 Å². The highest BCUT2D eigenvalue weighted by atomic mass is 16.1. The third-order valence-electron chi connectivity index (χ3n) is 3.17. The molecule has 0 fully saturated rings. The van der Waals surface area contributed by atoms with E-state index in [-0.39, 0.29) is 6.04 Å². The molecular formula is C14H18N4O. The minimum absolute atomic E-state index is 0.101. The highest BCUT2D eigenvalue weighted by Gasteiger charge is 2.15. The molecule has 100 valence electrons. The van der Waals surface area contributed by atoms with Crippen LogP contribution in [-0.4, -0.2) is 23.5 Å². The Labute approximate surface area is 112 Å². The number of fused-ring (bicyclic) bond motifs is 1. The minimum atomic E-state index is -0.493. The highest BCUT2D eigenvalue weighted by Crippen LogP contribution is 2.26. The molecule has 5 heteroatoms. The number of benzene rings is 1. The van der Waals surface area contributed by atoms with Gasteiger partial charge >= 0.3 is 0 Å². The van der Waals surface area contributed by atoms with Gasteiger partial charge in [0.05, 0.1) is 16.8 Å². The van der Waals surface area contributed by atoms with Crippen molar-refractivity contribution in [1.29, 1.82) is 0 Å². The van der Waals surface area contributed by atoms with E-state index in [0.29, 0.717) is 12.1 Å². The van der Waals surface area contributed by atoms with Crippen molar-refractivity contribution >= 4 is 22.5 Å². The summed E-state index contributed by atoms with van der Waals surface area (Å²) in [6.07, 6.45) is 2.38. The SMILES string of the molecule is CCC(CN)Nc1c(C(N)=O)cnc2ccccc12. The molecule has 0 aliphatic carbocycles. The van der Waals surface area contributed by atoms with Crippen molar-refractivity contribution in [1.82, 2.24) is 4.98 Å². The van der Waals surface area contributed by atoms with Gasteiger partial charge in [0.1, 0.15) is 0 Å². The van der Waals surface area contributed by atoms with Gasteiger partial charge in [-0.25, -0.2) is 0 Å². The molecule has 19 heavy (non-hydrogen) atoms. The van der Waals surface area contributed by atoms with Crippen LogP contribution >= 0.6 is 0 Å². The fourth-order valence-electron chi connectivity index (χ4n) is 2.02. The van der Waals surface area contributed by atoms with Crippen LogP contribution < -0.4 is 16.8 Å². The lowest BCUT2D eigenvalue weighted by Crippen LogP contribution is -2.29. The molecule has 0 saturated carbocycles. The monoisotopic (exact) mass is 258 g/mol. The van der Waals surface area contributed by atoms with Gasteiger partial charge in [0.15, 0.2) is 0 Å². The molecular weight excluding hydrogens is 240 g/mol. The number of pyridine rings is 1. The van der Waals surface area contributed by atoms with Crippen LogP contribution in [0.25, 0.3) is 10.9 Å². The number of nitrogens with two attached hydrogens (primary N) is 2. The number of para-hydroxylation sites is 1. The summed E-state index contributed by atoms with van der Waals surface area (Å²) in [7, 11) is 0. The zero-order chi connectivity index (χ0) is 13.8. The van der Waals surface area contributed by atoms with E-state index < -0.39 is 5.91 Å². The van der Waals surface area contributed by atoms with Crippen molar-refractivity contribution in [2.24, 2.45) is 11.5 Å². The molecule has 0 radical (unpaired) electrons. The Morgan fingerprint density at radius 3 is 2.79 bits per heavy atom. The standard InChI is InChI=1S/C14H18N4O/c1-2-9(7-15)18-13-10-5-3-4-6-12(10)17-8-11(13)14(16)19/h3-6,8-9H,2,7,15H2,1H3,(H2,16,19)(H,17,18). The summed E-state index contributed by atoms with van der Waals surface area (Å²) in [6, 6.07) is 7.73. The largest absolute Gasteiger partial charge is 0.380 e. The number of aromatic nitrogens is 1. The predicted molar refractivity (Wildman–Crippen MR) is 77.0 cm³/mol. The molecule has 0 aliphatic rings. The van der Waals surface area contributed by atoms with Gasteiger partial charge in [-0.1, -0.05) is 25.1 Å². The van der Waals surface area contributed by atoms with E-state index in [1.807, 2.05) is 31.2 Å².